The Balaban J connectivity index is 2.68. The van der Waals surface area contributed by atoms with Gasteiger partial charge >= 0.3 is 0 Å². The Morgan fingerprint density at radius 2 is 2.42 bits per heavy atom. The summed E-state index contributed by atoms with van der Waals surface area (Å²) in [6.45, 7) is 2.78. The van der Waals surface area contributed by atoms with Crippen molar-refractivity contribution < 1.29 is 4.74 Å². The van der Waals surface area contributed by atoms with Gasteiger partial charge < -0.3 is 4.74 Å². The molecular formula is C9H12ClNO. The maximum Gasteiger partial charge on any atom is 0.141 e. The van der Waals surface area contributed by atoms with Crippen molar-refractivity contribution in [2.24, 2.45) is 0 Å². The number of hydrogen-bond acceptors (Lipinski definition) is 2. The van der Waals surface area contributed by atoms with E-state index < -0.39 is 0 Å². The molecule has 0 bridgehead atoms. The van der Waals surface area contributed by atoms with Crippen molar-refractivity contribution in [3.8, 4) is 5.75 Å². The van der Waals surface area contributed by atoms with Gasteiger partial charge in [0.25, 0.3) is 0 Å². The average molecular weight is 186 g/mol. The maximum atomic E-state index is 5.70. The molecule has 1 aromatic rings. The lowest BCUT2D eigenvalue weighted by Crippen LogP contribution is -1.98. The summed E-state index contributed by atoms with van der Waals surface area (Å²) in [6, 6.07) is 1.87. The molecule has 0 unspecified atom stereocenters. The van der Waals surface area contributed by atoms with Crippen LogP contribution in [0.5, 0.6) is 5.75 Å². The molecule has 0 amide bonds. The average Bonchev–Trinajstić information content (AvgIpc) is 2.15. The molecule has 0 atom stereocenters. The molecule has 0 N–H and O–H groups in total. The van der Waals surface area contributed by atoms with E-state index in [1.54, 1.807) is 12.4 Å². The highest BCUT2D eigenvalue weighted by Crippen LogP contribution is 2.18. The second-order valence-corrected chi connectivity index (χ2v) is 2.73. The zero-order valence-corrected chi connectivity index (χ0v) is 7.84. The molecule has 0 fully saturated rings. The zero-order valence-electron chi connectivity index (χ0n) is 7.09. The molecule has 0 radical (unpaired) electrons. The van der Waals surface area contributed by atoms with Gasteiger partial charge in [0.2, 0.25) is 0 Å². The fourth-order valence-electron chi connectivity index (χ4n) is 0.861. The van der Waals surface area contributed by atoms with Gasteiger partial charge in [-0.3, -0.25) is 4.98 Å². The lowest BCUT2D eigenvalue weighted by atomic mass is 10.3. The van der Waals surface area contributed by atoms with Gasteiger partial charge in [0.05, 0.1) is 18.7 Å². The van der Waals surface area contributed by atoms with Gasteiger partial charge in [-0.15, -0.1) is 11.6 Å². The van der Waals surface area contributed by atoms with E-state index in [-0.39, 0.29) is 0 Å². The summed E-state index contributed by atoms with van der Waals surface area (Å²) >= 11 is 5.70. The molecule has 0 aromatic carbocycles. The third-order valence-electron chi connectivity index (χ3n) is 1.48. The summed E-state index contributed by atoms with van der Waals surface area (Å²) in [5.74, 6) is 1.27. The fraction of sp³-hybridized carbons (Fsp3) is 0.444. The SMILES string of the molecule is CCCOc1cnccc1CCl. The molecule has 0 saturated carbocycles. The summed E-state index contributed by atoms with van der Waals surface area (Å²) in [6.07, 6.45) is 4.42. The van der Waals surface area contributed by atoms with Gasteiger partial charge in [0, 0.05) is 11.8 Å². The Hall–Kier alpha value is -0.760. The molecule has 2 nitrogen and oxygen atoms in total. The van der Waals surface area contributed by atoms with Crippen molar-refractivity contribution in [2.45, 2.75) is 19.2 Å². The first-order valence-electron chi connectivity index (χ1n) is 4.00. The van der Waals surface area contributed by atoms with Crippen molar-refractivity contribution in [3.05, 3.63) is 24.0 Å². The van der Waals surface area contributed by atoms with Gasteiger partial charge in [0.15, 0.2) is 0 Å². The van der Waals surface area contributed by atoms with E-state index in [1.807, 2.05) is 6.07 Å². The monoisotopic (exact) mass is 185 g/mol. The van der Waals surface area contributed by atoms with Crippen LogP contribution >= 0.6 is 11.6 Å². The van der Waals surface area contributed by atoms with Crippen molar-refractivity contribution in [3.63, 3.8) is 0 Å². The Morgan fingerprint density at radius 1 is 1.58 bits per heavy atom. The van der Waals surface area contributed by atoms with E-state index in [0.717, 1.165) is 24.3 Å². The summed E-state index contributed by atoms with van der Waals surface area (Å²) in [4.78, 5) is 3.96. The molecule has 66 valence electrons. The van der Waals surface area contributed by atoms with Crippen LogP contribution < -0.4 is 4.74 Å². The van der Waals surface area contributed by atoms with Crippen molar-refractivity contribution in [1.29, 1.82) is 0 Å². The van der Waals surface area contributed by atoms with Crippen LogP contribution in [0.15, 0.2) is 18.5 Å². The van der Waals surface area contributed by atoms with E-state index in [1.165, 1.54) is 0 Å². The second-order valence-electron chi connectivity index (χ2n) is 2.47. The lowest BCUT2D eigenvalue weighted by Gasteiger charge is -2.06. The number of halogens is 1. The van der Waals surface area contributed by atoms with Crippen molar-refractivity contribution >= 4 is 11.6 Å². The largest absolute Gasteiger partial charge is 0.492 e. The summed E-state index contributed by atoms with van der Waals surface area (Å²) in [5.41, 5.74) is 1.00. The topological polar surface area (TPSA) is 22.1 Å². The van der Waals surface area contributed by atoms with Crippen LogP contribution in [0, 0.1) is 0 Å². The summed E-state index contributed by atoms with van der Waals surface area (Å²) in [5, 5.41) is 0. The van der Waals surface area contributed by atoms with E-state index in [9.17, 15) is 0 Å². The highest BCUT2D eigenvalue weighted by molar-refractivity contribution is 6.17. The third-order valence-corrected chi connectivity index (χ3v) is 1.76. The van der Waals surface area contributed by atoms with Gasteiger partial charge in [-0.25, -0.2) is 0 Å². The van der Waals surface area contributed by atoms with E-state index in [4.69, 9.17) is 16.3 Å². The number of rotatable bonds is 4. The van der Waals surface area contributed by atoms with Crippen LogP contribution in [-0.4, -0.2) is 11.6 Å². The van der Waals surface area contributed by atoms with Crippen LogP contribution in [0.1, 0.15) is 18.9 Å². The minimum atomic E-state index is 0.474. The number of nitrogens with zero attached hydrogens (tertiary/aromatic N) is 1. The number of aromatic nitrogens is 1. The van der Waals surface area contributed by atoms with Gasteiger partial charge in [-0.1, -0.05) is 6.92 Å². The lowest BCUT2D eigenvalue weighted by molar-refractivity contribution is 0.314. The van der Waals surface area contributed by atoms with Crippen LogP contribution in [0.3, 0.4) is 0 Å². The number of pyridine rings is 1. The third kappa shape index (κ3) is 2.38. The molecule has 1 aromatic heterocycles. The van der Waals surface area contributed by atoms with Crippen LogP contribution in [0.4, 0.5) is 0 Å². The summed E-state index contributed by atoms with van der Waals surface area (Å²) in [7, 11) is 0. The van der Waals surface area contributed by atoms with Gasteiger partial charge in [-0.05, 0) is 12.5 Å². The normalized spacial score (nSPS) is 9.83. The minimum absolute atomic E-state index is 0.474. The fourth-order valence-corrected chi connectivity index (χ4v) is 1.08. The van der Waals surface area contributed by atoms with E-state index in [0.29, 0.717) is 5.88 Å². The Morgan fingerprint density at radius 3 is 3.08 bits per heavy atom. The molecule has 12 heavy (non-hydrogen) atoms. The Labute approximate surface area is 77.5 Å². The molecule has 0 saturated heterocycles. The molecule has 1 rings (SSSR count). The van der Waals surface area contributed by atoms with Gasteiger partial charge in [0.1, 0.15) is 5.75 Å². The molecule has 0 spiro atoms. The van der Waals surface area contributed by atoms with Crippen LogP contribution in [0.25, 0.3) is 0 Å². The molecule has 3 heteroatoms. The molecule has 1 heterocycles. The number of ether oxygens (including phenoxy) is 1. The van der Waals surface area contributed by atoms with Crippen LogP contribution in [-0.2, 0) is 5.88 Å². The number of alkyl halides is 1. The smallest absolute Gasteiger partial charge is 0.141 e. The first-order valence-corrected chi connectivity index (χ1v) is 4.53. The zero-order chi connectivity index (χ0) is 8.81. The van der Waals surface area contributed by atoms with E-state index in [2.05, 4.69) is 11.9 Å². The van der Waals surface area contributed by atoms with E-state index >= 15 is 0 Å². The van der Waals surface area contributed by atoms with Crippen molar-refractivity contribution in [2.75, 3.05) is 6.61 Å². The van der Waals surface area contributed by atoms with Gasteiger partial charge in [-0.2, -0.15) is 0 Å². The Bertz CT molecular complexity index is 240. The highest BCUT2D eigenvalue weighted by atomic mass is 35.5. The first-order chi connectivity index (χ1) is 5.88. The molecule has 0 aliphatic carbocycles. The molecule has 0 aliphatic heterocycles. The second kappa shape index (κ2) is 4.99. The number of hydrogen-bond donors (Lipinski definition) is 0. The van der Waals surface area contributed by atoms with Crippen LogP contribution in [0.2, 0.25) is 0 Å². The minimum Gasteiger partial charge on any atom is -0.492 e. The highest BCUT2D eigenvalue weighted by Gasteiger charge is 2.00. The standard InChI is InChI=1S/C9H12ClNO/c1-2-5-12-9-7-11-4-3-8(9)6-10/h3-4,7H,2,5-6H2,1H3. The molecular weight excluding hydrogens is 174 g/mol. The summed E-state index contributed by atoms with van der Waals surface area (Å²) < 4.78 is 5.43. The predicted octanol–water partition coefficient (Wildman–Crippen LogP) is 2.61. The van der Waals surface area contributed by atoms with Crippen molar-refractivity contribution in [1.82, 2.24) is 4.98 Å². The quantitative estimate of drug-likeness (QED) is 0.673. The first kappa shape index (κ1) is 9.33. The predicted molar refractivity (Wildman–Crippen MR) is 49.6 cm³/mol. The molecule has 0 aliphatic rings. The maximum absolute atomic E-state index is 5.70. The Kier molecular flexibility index (Phi) is 3.88.